The third-order valence-corrected chi connectivity index (χ3v) is 4.09. The van der Waals surface area contributed by atoms with Crippen LogP contribution in [0.3, 0.4) is 0 Å². The number of nitrogens with one attached hydrogen (secondary N) is 1. The highest BCUT2D eigenvalue weighted by atomic mass is 35.5. The largest absolute Gasteiger partial charge is 0.285 e. The van der Waals surface area contributed by atoms with Gasteiger partial charge in [-0.15, -0.1) is 21.8 Å². The molecular formula is C9H11ClN4O2S. The summed E-state index contributed by atoms with van der Waals surface area (Å²) in [6.45, 7) is 1.69. The maximum atomic E-state index is 11.3. The standard InChI is InChI=1S/C9H11ClN4O2S/c1-7(13-17(15,16)6-10)9-12-11-8-4-2-3-5-14(8)9/h2-5,7,13H,6H2,1H3. The average molecular weight is 275 g/mol. The highest BCUT2D eigenvalue weighted by Crippen LogP contribution is 2.12. The summed E-state index contributed by atoms with van der Waals surface area (Å²) >= 11 is 5.32. The molecule has 0 radical (unpaired) electrons. The van der Waals surface area contributed by atoms with Crippen LogP contribution in [-0.2, 0) is 10.0 Å². The van der Waals surface area contributed by atoms with Crippen LogP contribution in [0.2, 0.25) is 0 Å². The molecule has 0 amide bonds. The Balaban J connectivity index is 2.34. The second-order valence-corrected chi connectivity index (χ2v) is 5.89. The first-order valence-electron chi connectivity index (χ1n) is 4.89. The van der Waals surface area contributed by atoms with Gasteiger partial charge in [-0.25, -0.2) is 13.1 Å². The van der Waals surface area contributed by atoms with Crippen molar-refractivity contribution < 1.29 is 8.42 Å². The lowest BCUT2D eigenvalue weighted by molar-refractivity contribution is 0.563. The molecule has 0 saturated heterocycles. The van der Waals surface area contributed by atoms with Crippen molar-refractivity contribution in [2.75, 3.05) is 5.21 Å². The second kappa shape index (κ2) is 4.59. The number of hydrogen-bond donors (Lipinski definition) is 1. The fourth-order valence-electron chi connectivity index (χ4n) is 1.51. The van der Waals surface area contributed by atoms with Gasteiger partial charge in [0.05, 0.1) is 6.04 Å². The molecule has 0 fully saturated rings. The van der Waals surface area contributed by atoms with Crippen molar-refractivity contribution >= 4 is 27.3 Å². The van der Waals surface area contributed by atoms with E-state index in [1.165, 1.54) is 0 Å². The zero-order chi connectivity index (χ0) is 12.5. The Labute approximate surface area is 104 Å². The molecule has 0 spiro atoms. The first kappa shape index (κ1) is 12.3. The van der Waals surface area contributed by atoms with Crippen molar-refractivity contribution in [3.63, 3.8) is 0 Å². The van der Waals surface area contributed by atoms with Crippen molar-refractivity contribution in [1.82, 2.24) is 19.3 Å². The molecule has 0 aliphatic heterocycles. The Morgan fingerprint density at radius 1 is 1.47 bits per heavy atom. The molecule has 8 heteroatoms. The Morgan fingerprint density at radius 2 is 2.24 bits per heavy atom. The summed E-state index contributed by atoms with van der Waals surface area (Å²) < 4.78 is 26.8. The molecule has 2 rings (SSSR count). The van der Waals surface area contributed by atoms with Crippen molar-refractivity contribution in [3.05, 3.63) is 30.2 Å². The summed E-state index contributed by atoms with van der Waals surface area (Å²) in [7, 11) is -3.48. The monoisotopic (exact) mass is 274 g/mol. The van der Waals surface area contributed by atoms with Crippen LogP contribution in [0.15, 0.2) is 24.4 Å². The molecule has 0 aliphatic carbocycles. The number of rotatable bonds is 4. The van der Waals surface area contributed by atoms with Gasteiger partial charge in [0.15, 0.2) is 11.5 Å². The molecule has 0 saturated carbocycles. The lowest BCUT2D eigenvalue weighted by Gasteiger charge is -2.10. The Hall–Kier alpha value is -1.18. The molecule has 0 bridgehead atoms. The van der Waals surface area contributed by atoms with Crippen LogP contribution < -0.4 is 4.72 Å². The summed E-state index contributed by atoms with van der Waals surface area (Å²) in [6, 6.07) is 4.96. The van der Waals surface area contributed by atoms with Gasteiger partial charge in [-0.2, -0.15) is 0 Å². The summed E-state index contributed by atoms with van der Waals surface area (Å²) in [4.78, 5) is 0. The van der Waals surface area contributed by atoms with Crippen LogP contribution in [0, 0.1) is 0 Å². The summed E-state index contributed by atoms with van der Waals surface area (Å²) in [5, 5.41) is 7.42. The van der Waals surface area contributed by atoms with E-state index in [1.807, 2.05) is 12.1 Å². The van der Waals surface area contributed by atoms with Crippen LogP contribution in [-0.4, -0.2) is 28.2 Å². The predicted octanol–water partition coefficient (Wildman–Crippen LogP) is 0.906. The van der Waals surface area contributed by atoms with E-state index in [-0.39, 0.29) is 0 Å². The minimum absolute atomic E-state index is 0.478. The molecule has 0 aromatic carbocycles. The van der Waals surface area contributed by atoms with Gasteiger partial charge >= 0.3 is 0 Å². The summed E-state index contributed by atoms with van der Waals surface area (Å²) in [5.74, 6) is 0.522. The molecule has 17 heavy (non-hydrogen) atoms. The number of pyridine rings is 1. The zero-order valence-corrected chi connectivity index (χ0v) is 10.6. The number of alkyl halides is 1. The molecule has 1 atom stereocenters. The smallest absolute Gasteiger partial charge is 0.226 e. The van der Waals surface area contributed by atoms with Gasteiger partial charge < -0.3 is 0 Å². The quantitative estimate of drug-likeness (QED) is 0.841. The molecule has 92 valence electrons. The summed E-state index contributed by atoms with van der Waals surface area (Å²) in [6.07, 6.45) is 1.77. The molecule has 0 aliphatic rings. The van der Waals surface area contributed by atoms with E-state index in [0.717, 1.165) is 0 Å². The van der Waals surface area contributed by atoms with Crippen molar-refractivity contribution in [2.24, 2.45) is 0 Å². The van der Waals surface area contributed by atoms with Gasteiger partial charge in [-0.1, -0.05) is 6.07 Å². The van der Waals surface area contributed by atoms with Crippen LogP contribution in [0.5, 0.6) is 0 Å². The molecule has 1 unspecified atom stereocenters. The van der Waals surface area contributed by atoms with Gasteiger partial charge in [0, 0.05) is 6.20 Å². The highest BCUT2D eigenvalue weighted by Gasteiger charge is 2.18. The van der Waals surface area contributed by atoms with E-state index in [1.54, 1.807) is 23.6 Å². The van der Waals surface area contributed by atoms with Crippen LogP contribution in [0.1, 0.15) is 18.8 Å². The number of fused-ring (bicyclic) bond motifs is 1. The van der Waals surface area contributed by atoms with Gasteiger partial charge in [-0.3, -0.25) is 4.40 Å². The molecule has 1 N–H and O–H groups in total. The van der Waals surface area contributed by atoms with Crippen LogP contribution >= 0.6 is 11.6 Å². The third-order valence-electron chi connectivity index (χ3n) is 2.23. The second-order valence-electron chi connectivity index (χ2n) is 3.55. The lowest BCUT2D eigenvalue weighted by atomic mass is 10.3. The topological polar surface area (TPSA) is 76.4 Å². The van der Waals surface area contributed by atoms with E-state index in [4.69, 9.17) is 11.6 Å². The van der Waals surface area contributed by atoms with Gasteiger partial charge in [0.1, 0.15) is 5.21 Å². The lowest BCUT2D eigenvalue weighted by Crippen LogP contribution is -2.28. The maximum absolute atomic E-state index is 11.3. The first-order chi connectivity index (χ1) is 8.03. The van der Waals surface area contributed by atoms with E-state index < -0.39 is 21.3 Å². The van der Waals surface area contributed by atoms with E-state index in [0.29, 0.717) is 11.5 Å². The predicted molar refractivity (Wildman–Crippen MR) is 64.2 cm³/mol. The normalized spacial score (nSPS) is 14.0. The highest BCUT2D eigenvalue weighted by molar-refractivity contribution is 7.90. The molecule has 6 nitrogen and oxygen atoms in total. The van der Waals surface area contributed by atoms with Crippen LogP contribution in [0.4, 0.5) is 0 Å². The molecular weight excluding hydrogens is 264 g/mol. The van der Waals surface area contributed by atoms with Crippen molar-refractivity contribution in [2.45, 2.75) is 13.0 Å². The first-order valence-corrected chi connectivity index (χ1v) is 7.08. The van der Waals surface area contributed by atoms with Gasteiger partial charge in [0.25, 0.3) is 0 Å². The SMILES string of the molecule is CC(NS(=O)(=O)CCl)c1nnc2ccccn12. The Morgan fingerprint density at radius 3 is 2.94 bits per heavy atom. The Kier molecular flexibility index (Phi) is 3.32. The van der Waals surface area contributed by atoms with Gasteiger partial charge in [-0.05, 0) is 19.1 Å². The number of nitrogens with zero attached hydrogens (tertiary/aromatic N) is 3. The van der Waals surface area contributed by atoms with E-state index in [2.05, 4.69) is 14.9 Å². The number of sulfonamides is 1. The fraction of sp³-hybridized carbons (Fsp3) is 0.333. The van der Waals surface area contributed by atoms with Crippen LogP contribution in [0.25, 0.3) is 5.65 Å². The molecule has 2 heterocycles. The third kappa shape index (κ3) is 2.56. The van der Waals surface area contributed by atoms with Crippen molar-refractivity contribution in [1.29, 1.82) is 0 Å². The van der Waals surface area contributed by atoms with Crippen molar-refractivity contribution in [3.8, 4) is 0 Å². The number of halogens is 1. The average Bonchev–Trinajstić information content (AvgIpc) is 2.72. The number of aromatic nitrogens is 3. The molecule has 2 aromatic rings. The van der Waals surface area contributed by atoms with Gasteiger partial charge in [0.2, 0.25) is 10.0 Å². The maximum Gasteiger partial charge on any atom is 0.226 e. The van der Waals surface area contributed by atoms with E-state index in [9.17, 15) is 8.42 Å². The fourth-order valence-corrected chi connectivity index (χ4v) is 2.40. The molecule has 2 aromatic heterocycles. The minimum atomic E-state index is -3.48. The van der Waals surface area contributed by atoms with E-state index >= 15 is 0 Å². The summed E-state index contributed by atoms with van der Waals surface area (Å²) in [5.41, 5.74) is 0.666. The zero-order valence-electron chi connectivity index (χ0n) is 9.04. The minimum Gasteiger partial charge on any atom is -0.285 e. The Bertz CT molecular complexity index is 625. The number of hydrogen-bond acceptors (Lipinski definition) is 4.